The summed E-state index contributed by atoms with van der Waals surface area (Å²) >= 11 is 0. The zero-order valence-electron chi connectivity index (χ0n) is 12.0. The van der Waals surface area contributed by atoms with E-state index in [2.05, 4.69) is 17.4 Å². The lowest BCUT2D eigenvalue weighted by Crippen LogP contribution is -2.25. The predicted octanol–water partition coefficient (Wildman–Crippen LogP) is 2.09. The number of carbonyl (C=O) groups is 1. The Morgan fingerprint density at radius 2 is 2.11 bits per heavy atom. The first-order chi connectivity index (χ1) is 9.13. The normalized spacial score (nSPS) is 10.3. The maximum Gasteiger partial charge on any atom is 0.216 e. The lowest BCUT2D eigenvalue weighted by atomic mass is 10.1. The third kappa shape index (κ3) is 6.25. The highest BCUT2D eigenvalue weighted by Crippen LogP contribution is 2.19. The van der Waals surface area contributed by atoms with E-state index in [9.17, 15) is 4.79 Å². The van der Waals surface area contributed by atoms with E-state index in [1.165, 1.54) is 12.5 Å². The minimum Gasteiger partial charge on any atom is -0.491 e. The third-order valence-corrected chi connectivity index (χ3v) is 2.71. The molecule has 0 aromatic heterocycles. The smallest absolute Gasteiger partial charge is 0.216 e. The molecule has 0 unspecified atom stereocenters. The molecule has 0 saturated carbocycles. The minimum atomic E-state index is -0.0356. The van der Waals surface area contributed by atoms with Crippen LogP contribution in [0.25, 0.3) is 0 Å². The van der Waals surface area contributed by atoms with Crippen molar-refractivity contribution in [1.82, 2.24) is 5.32 Å². The number of amides is 1. The van der Waals surface area contributed by atoms with Crippen molar-refractivity contribution in [2.24, 2.45) is 0 Å². The maximum atomic E-state index is 10.7. The Bertz CT molecular complexity index is 404. The number of aryl methyl sites for hydroxylation is 1. The van der Waals surface area contributed by atoms with Crippen LogP contribution in [0.4, 0.5) is 0 Å². The molecule has 4 heteroatoms. The van der Waals surface area contributed by atoms with Gasteiger partial charge in [0.2, 0.25) is 5.91 Å². The van der Waals surface area contributed by atoms with E-state index < -0.39 is 0 Å². The van der Waals surface area contributed by atoms with Crippen LogP contribution in [0.1, 0.15) is 25.0 Å². The molecule has 0 aliphatic rings. The first-order valence-electron chi connectivity index (χ1n) is 6.68. The van der Waals surface area contributed by atoms with Crippen molar-refractivity contribution in [3.63, 3.8) is 0 Å². The number of rotatable bonds is 8. The van der Waals surface area contributed by atoms with Gasteiger partial charge in [0.15, 0.2) is 0 Å². The summed E-state index contributed by atoms with van der Waals surface area (Å²) in [6.45, 7) is 8.04. The van der Waals surface area contributed by atoms with E-state index in [0.29, 0.717) is 13.2 Å². The molecule has 4 nitrogen and oxygen atoms in total. The molecule has 0 spiro atoms. The summed E-state index contributed by atoms with van der Waals surface area (Å²) in [6.07, 6.45) is 0.918. The quantitative estimate of drug-likeness (QED) is 0.732. The van der Waals surface area contributed by atoms with Crippen LogP contribution in [0, 0.1) is 6.92 Å². The second kappa shape index (κ2) is 8.53. The Morgan fingerprint density at radius 1 is 1.32 bits per heavy atom. The molecule has 0 radical (unpaired) electrons. The molecule has 0 saturated heterocycles. The molecule has 0 aliphatic heterocycles. The molecule has 1 N–H and O–H groups in total. The largest absolute Gasteiger partial charge is 0.491 e. The van der Waals surface area contributed by atoms with Crippen LogP contribution in [-0.4, -0.2) is 32.3 Å². The predicted molar refractivity (Wildman–Crippen MR) is 75.6 cm³/mol. The summed E-state index contributed by atoms with van der Waals surface area (Å²) < 4.78 is 11.0. The van der Waals surface area contributed by atoms with Crippen LogP contribution in [0.5, 0.6) is 5.75 Å². The highest BCUT2D eigenvalue weighted by atomic mass is 16.5. The Balaban J connectivity index is 2.41. The molecule has 1 aromatic carbocycles. The van der Waals surface area contributed by atoms with E-state index in [0.717, 1.165) is 30.9 Å². The summed E-state index contributed by atoms with van der Waals surface area (Å²) in [5, 5.41) is 2.70. The molecule has 0 heterocycles. The number of carbonyl (C=O) groups excluding carboxylic acids is 1. The first kappa shape index (κ1) is 15.5. The van der Waals surface area contributed by atoms with Crippen molar-refractivity contribution in [2.45, 2.75) is 27.2 Å². The Morgan fingerprint density at radius 3 is 2.74 bits per heavy atom. The fraction of sp³-hybridized carbons (Fsp3) is 0.533. The van der Waals surface area contributed by atoms with E-state index in [1.807, 2.05) is 19.9 Å². The standard InChI is InChI=1S/C15H23NO3/c1-4-18-9-7-14-5-6-15(12(2)11-14)19-10-8-16-13(3)17/h5-6,11H,4,7-10H2,1-3H3,(H,16,17). The Labute approximate surface area is 115 Å². The molecule has 1 aromatic rings. The average molecular weight is 265 g/mol. The van der Waals surface area contributed by atoms with Crippen molar-refractivity contribution in [1.29, 1.82) is 0 Å². The molecule has 19 heavy (non-hydrogen) atoms. The highest BCUT2D eigenvalue weighted by molar-refractivity contribution is 5.72. The van der Waals surface area contributed by atoms with Crippen LogP contribution in [0.3, 0.4) is 0 Å². The monoisotopic (exact) mass is 265 g/mol. The highest BCUT2D eigenvalue weighted by Gasteiger charge is 2.02. The van der Waals surface area contributed by atoms with Crippen molar-refractivity contribution < 1.29 is 14.3 Å². The van der Waals surface area contributed by atoms with Gasteiger partial charge in [-0.2, -0.15) is 0 Å². The van der Waals surface area contributed by atoms with E-state index >= 15 is 0 Å². The van der Waals surface area contributed by atoms with Gasteiger partial charge >= 0.3 is 0 Å². The van der Waals surface area contributed by atoms with Crippen LogP contribution in [0.2, 0.25) is 0 Å². The molecule has 0 atom stereocenters. The van der Waals surface area contributed by atoms with Crippen molar-refractivity contribution in [3.8, 4) is 5.75 Å². The van der Waals surface area contributed by atoms with E-state index in [4.69, 9.17) is 9.47 Å². The first-order valence-corrected chi connectivity index (χ1v) is 6.68. The van der Waals surface area contributed by atoms with Crippen LogP contribution in [-0.2, 0) is 16.0 Å². The maximum absolute atomic E-state index is 10.7. The van der Waals surface area contributed by atoms with E-state index in [1.54, 1.807) is 0 Å². The minimum absolute atomic E-state index is 0.0356. The van der Waals surface area contributed by atoms with Gasteiger partial charge in [-0.15, -0.1) is 0 Å². The Hall–Kier alpha value is -1.55. The zero-order chi connectivity index (χ0) is 14.1. The molecule has 0 fully saturated rings. The van der Waals surface area contributed by atoms with Gasteiger partial charge in [0, 0.05) is 13.5 Å². The molecule has 0 aliphatic carbocycles. The summed E-state index contributed by atoms with van der Waals surface area (Å²) in [5.41, 5.74) is 2.36. The van der Waals surface area contributed by atoms with Crippen molar-refractivity contribution in [3.05, 3.63) is 29.3 Å². The second-order valence-corrected chi connectivity index (χ2v) is 4.38. The van der Waals surface area contributed by atoms with Gasteiger partial charge in [-0.3, -0.25) is 4.79 Å². The van der Waals surface area contributed by atoms with Crippen LogP contribution in [0.15, 0.2) is 18.2 Å². The van der Waals surface area contributed by atoms with Gasteiger partial charge in [0.1, 0.15) is 12.4 Å². The van der Waals surface area contributed by atoms with Gasteiger partial charge in [-0.1, -0.05) is 12.1 Å². The molecular weight excluding hydrogens is 242 g/mol. The van der Waals surface area contributed by atoms with Crippen molar-refractivity contribution in [2.75, 3.05) is 26.4 Å². The summed E-state index contributed by atoms with van der Waals surface area (Å²) in [5.74, 6) is 0.831. The molecule has 1 amide bonds. The fourth-order valence-electron chi connectivity index (χ4n) is 1.75. The zero-order valence-corrected chi connectivity index (χ0v) is 12.0. The van der Waals surface area contributed by atoms with Crippen LogP contribution >= 0.6 is 0 Å². The van der Waals surface area contributed by atoms with Crippen LogP contribution < -0.4 is 10.1 Å². The lowest BCUT2D eigenvalue weighted by Gasteiger charge is -2.11. The topological polar surface area (TPSA) is 47.6 Å². The van der Waals surface area contributed by atoms with Gasteiger partial charge in [-0.05, 0) is 37.5 Å². The van der Waals surface area contributed by atoms with Gasteiger partial charge in [0.05, 0.1) is 13.2 Å². The van der Waals surface area contributed by atoms with Gasteiger partial charge in [0.25, 0.3) is 0 Å². The number of hydrogen-bond acceptors (Lipinski definition) is 3. The summed E-state index contributed by atoms with van der Waals surface area (Å²) in [6, 6.07) is 6.15. The molecule has 1 rings (SSSR count). The lowest BCUT2D eigenvalue weighted by molar-refractivity contribution is -0.119. The number of ether oxygens (including phenoxy) is 2. The van der Waals surface area contributed by atoms with Gasteiger partial charge in [-0.25, -0.2) is 0 Å². The number of hydrogen-bond donors (Lipinski definition) is 1. The Kier molecular flexibility index (Phi) is 6.97. The summed E-state index contributed by atoms with van der Waals surface area (Å²) in [4.78, 5) is 10.7. The number of benzene rings is 1. The molecule has 0 bridgehead atoms. The molecular formula is C15H23NO3. The fourth-order valence-corrected chi connectivity index (χ4v) is 1.75. The van der Waals surface area contributed by atoms with E-state index in [-0.39, 0.29) is 5.91 Å². The second-order valence-electron chi connectivity index (χ2n) is 4.38. The number of nitrogens with one attached hydrogen (secondary N) is 1. The average Bonchev–Trinajstić information content (AvgIpc) is 2.36. The SMILES string of the molecule is CCOCCc1ccc(OCCNC(C)=O)c(C)c1. The summed E-state index contributed by atoms with van der Waals surface area (Å²) in [7, 11) is 0. The van der Waals surface area contributed by atoms with Gasteiger partial charge < -0.3 is 14.8 Å². The molecule has 106 valence electrons. The third-order valence-electron chi connectivity index (χ3n) is 2.71. The van der Waals surface area contributed by atoms with Crippen molar-refractivity contribution >= 4 is 5.91 Å².